The van der Waals surface area contributed by atoms with Crippen molar-refractivity contribution in [1.82, 2.24) is 5.32 Å². The summed E-state index contributed by atoms with van der Waals surface area (Å²) in [5.74, 6) is 0.872. The van der Waals surface area contributed by atoms with Gasteiger partial charge in [0.25, 0.3) is 0 Å². The second-order valence-corrected chi connectivity index (χ2v) is 3.27. The van der Waals surface area contributed by atoms with E-state index in [0.29, 0.717) is 6.61 Å². The molecule has 0 amide bonds. The monoisotopic (exact) mass is 199 g/mol. The van der Waals surface area contributed by atoms with E-state index in [1.807, 2.05) is 32.2 Å². The fraction of sp³-hybridized carbons (Fsp3) is 0.400. The van der Waals surface area contributed by atoms with Crippen LogP contribution < -0.4 is 10.1 Å². The van der Waals surface area contributed by atoms with Crippen molar-refractivity contribution in [3.63, 3.8) is 0 Å². The topological polar surface area (TPSA) is 21.3 Å². The van der Waals surface area contributed by atoms with Crippen molar-refractivity contribution < 1.29 is 4.74 Å². The van der Waals surface area contributed by atoms with Crippen LogP contribution in [0.2, 0.25) is 5.02 Å². The third kappa shape index (κ3) is 3.25. The van der Waals surface area contributed by atoms with E-state index in [-0.39, 0.29) is 0 Å². The first-order valence-electron chi connectivity index (χ1n) is 4.27. The summed E-state index contributed by atoms with van der Waals surface area (Å²) in [5.41, 5.74) is 1.05. The molecule has 0 spiro atoms. The second-order valence-electron chi connectivity index (χ2n) is 2.86. The lowest BCUT2D eigenvalue weighted by molar-refractivity contribution is 0.318. The van der Waals surface area contributed by atoms with Gasteiger partial charge in [0.05, 0.1) is 0 Å². The molecule has 0 aliphatic carbocycles. The zero-order valence-electron chi connectivity index (χ0n) is 7.93. The summed E-state index contributed by atoms with van der Waals surface area (Å²) in [5, 5.41) is 3.79. The summed E-state index contributed by atoms with van der Waals surface area (Å²) in [6.07, 6.45) is 0. The van der Waals surface area contributed by atoms with Gasteiger partial charge in [-0.15, -0.1) is 0 Å². The van der Waals surface area contributed by atoms with Gasteiger partial charge in [0, 0.05) is 11.6 Å². The van der Waals surface area contributed by atoms with Gasteiger partial charge in [-0.2, -0.15) is 0 Å². The maximum atomic E-state index is 5.87. The van der Waals surface area contributed by atoms with Crippen molar-refractivity contribution in [1.29, 1.82) is 0 Å². The Morgan fingerprint density at radius 2 is 2.23 bits per heavy atom. The minimum Gasteiger partial charge on any atom is -0.492 e. The predicted octanol–water partition coefficient (Wildman–Crippen LogP) is 2.25. The van der Waals surface area contributed by atoms with Crippen molar-refractivity contribution in [3.8, 4) is 5.75 Å². The minimum atomic E-state index is 0.678. The van der Waals surface area contributed by atoms with Crippen LogP contribution in [0.3, 0.4) is 0 Å². The summed E-state index contributed by atoms with van der Waals surface area (Å²) < 4.78 is 5.46. The molecule has 0 bridgehead atoms. The Bertz CT molecular complexity index is 276. The molecule has 72 valence electrons. The lowest BCUT2D eigenvalue weighted by atomic mass is 10.2. The van der Waals surface area contributed by atoms with Crippen molar-refractivity contribution in [3.05, 3.63) is 28.8 Å². The summed E-state index contributed by atoms with van der Waals surface area (Å²) in [7, 11) is 1.90. The van der Waals surface area contributed by atoms with Crippen molar-refractivity contribution in [2.24, 2.45) is 0 Å². The van der Waals surface area contributed by atoms with Gasteiger partial charge in [0.15, 0.2) is 0 Å². The fourth-order valence-electron chi connectivity index (χ4n) is 0.978. The van der Waals surface area contributed by atoms with Gasteiger partial charge in [-0.05, 0) is 37.7 Å². The third-order valence-corrected chi connectivity index (χ3v) is 2.17. The number of aryl methyl sites for hydroxylation is 1. The Labute approximate surface area is 83.9 Å². The highest BCUT2D eigenvalue weighted by Crippen LogP contribution is 2.20. The number of hydrogen-bond acceptors (Lipinski definition) is 2. The van der Waals surface area contributed by atoms with E-state index in [4.69, 9.17) is 16.3 Å². The van der Waals surface area contributed by atoms with Crippen LogP contribution in [0.15, 0.2) is 18.2 Å². The second kappa shape index (κ2) is 5.10. The van der Waals surface area contributed by atoms with Crippen LogP contribution in [0, 0.1) is 6.92 Å². The molecule has 13 heavy (non-hydrogen) atoms. The van der Waals surface area contributed by atoms with Crippen LogP contribution in [-0.4, -0.2) is 20.2 Å². The quantitative estimate of drug-likeness (QED) is 0.752. The van der Waals surface area contributed by atoms with Gasteiger partial charge in [-0.25, -0.2) is 0 Å². The molecule has 0 atom stereocenters. The average molecular weight is 200 g/mol. The summed E-state index contributed by atoms with van der Waals surface area (Å²) in [6, 6.07) is 5.68. The van der Waals surface area contributed by atoms with E-state index in [1.54, 1.807) is 0 Å². The van der Waals surface area contributed by atoms with Crippen molar-refractivity contribution in [2.75, 3.05) is 20.2 Å². The summed E-state index contributed by atoms with van der Waals surface area (Å²) in [6.45, 7) is 3.49. The number of rotatable bonds is 4. The normalized spacial score (nSPS) is 10.1. The van der Waals surface area contributed by atoms with Gasteiger partial charge in [-0.3, -0.25) is 0 Å². The van der Waals surface area contributed by atoms with E-state index in [9.17, 15) is 0 Å². The van der Waals surface area contributed by atoms with Crippen LogP contribution in [0.25, 0.3) is 0 Å². The number of nitrogens with one attached hydrogen (secondary N) is 1. The smallest absolute Gasteiger partial charge is 0.119 e. The zero-order chi connectivity index (χ0) is 9.68. The molecular weight excluding hydrogens is 186 g/mol. The molecule has 1 rings (SSSR count). The lowest BCUT2D eigenvalue weighted by Crippen LogP contribution is -2.15. The maximum absolute atomic E-state index is 5.87. The van der Waals surface area contributed by atoms with Crippen LogP contribution in [0.5, 0.6) is 5.75 Å². The molecular formula is C10H14ClNO. The number of hydrogen-bond donors (Lipinski definition) is 1. The first-order chi connectivity index (χ1) is 6.24. The molecule has 0 aliphatic heterocycles. The summed E-state index contributed by atoms with van der Waals surface area (Å²) >= 11 is 5.87. The maximum Gasteiger partial charge on any atom is 0.119 e. The highest BCUT2D eigenvalue weighted by Gasteiger charge is 1.97. The van der Waals surface area contributed by atoms with E-state index in [0.717, 1.165) is 22.9 Å². The van der Waals surface area contributed by atoms with Gasteiger partial charge < -0.3 is 10.1 Å². The number of ether oxygens (including phenoxy) is 1. The van der Waals surface area contributed by atoms with Gasteiger partial charge in [0.2, 0.25) is 0 Å². The lowest BCUT2D eigenvalue weighted by Gasteiger charge is -2.06. The molecule has 0 saturated heterocycles. The van der Waals surface area contributed by atoms with E-state index in [2.05, 4.69) is 5.32 Å². The van der Waals surface area contributed by atoms with Crippen LogP contribution in [-0.2, 0) is 0 Å². The van der Waals surface area contributed by atoms with Crippen LogP contribution in [0.1, 0.15) is 5.56 Å². The highest BCUT2D eigenvalue weighted by molar-refractivity contribution is 6.31. The zero-order valence-corrected chi connectivity index (χ0v) is 8.69. The van der Waals surface area contributed by atoms with Crippen LogP contribution in [0.4, 0.5) is 0 Å². The predicted molar refractivity (Wildman–Crippen MR) is 55.6 cm³/mol. The first-order valence-corrected chi connectivity index (χ1v) is 4.65. The Balaban J connectivity index is 2.53. The fourth-order valence-corrected chi connectivity index (χ4v) is 1.10. The number of benzene rings is 1. The highest BCUT2D eigenvalue weighted by atomic mass is 35.5. The average Bonchev–Trinajstić information content (AvgIpc) is 2.12. The van der Waals surface area contributed by atoms with E-state index >= 15 is 0 Å². The molecule has 0 radical (unpaired) electrons. The van der Waals surface area contributed by atoms with Gasteiger partial charge in [-0.1, -0.05) is 11.6 Å². The van der Waals surface area contributed by atoms with Crippen LogP contribution >= 0.6 is 11.6 Å². The molecule has 1 aromatic carbocycles. The van der Waals surface area contributed by atoms with Crippen molar-refractivity contribution >= 4 is 11.6 Å². The molecule has 2 nitrogen and oxygen atoms in total. The molecule has 3 heteroatoms. The molecule has 0 fully saturated rings. The standard InChI is InChI=1S/C10H14ClNO/c1-8-7-9(3-4-10(8)11)13-6-5-12-2/h3-4,7,12H,5-6H2,1-2H3. The number of likely N-dealkylation sites (N-methyl/N-ethyl adjacent to an activating group) is 1. The first kappa shape index (κ1) is 10.4. The Morgan fingerprint density at radius 1 is 1.46 bits per heavy atom. The Morgan fingerprint density at radius 3 is 2.85 bits per heavy atom. The SMILES string of the molecule is CNCCOc1ccc(Cl)c(C)c1. The Kier molecular flexibility index (Phi) is 4.06. The molecule has 1 aromatic rings. The summed E-state index contributed by atoms with van der Waals surface area (Å²) in [4.78, 5) is 0. The number of halogens is 1. The molecule has 0 saturated carbocycles. The minimum absolute atomic E-state index is 0.678. The van der Waals surface area contributed by atoms with Gasteiger partial charge in [0.1, 0.15) is 12.4 Å². The Hall–Kier alpha value is -0.730. The van der Waals surface area contributed by atoms with Crippen molar-refractivity contribution in [2.45, 2.75) is 6.92 Å². The molecule has 0 heterocycles. The molecule has 1 N–H and O–H groups in total. The molecule has 0 unspecified atom stereocenters. The largest absolute Gasteiger partial charge is 0.492 e. The molecule has 0 aliphatic rings. The van der Waals surface area contributed by atoms with E-state index in [1.165, 1.54) is 0 Å². The third-order valence-electron chi connectivity index (χ3n) is 1.75. The van der Waals surface area contributed by atoms with Gasteiger partial charge >= 0.3 is 0 Å². The van der Waals surface area contributed by atoms with E-state index < -0.39 is 0 Å². The molecule has 0 aromatic heterocycles.